The van der Waals surface area contributed by atoms with Crippen molar-refractivity contribution in [1.29, 1.82) is 0 Å². The molecule has 0 aliphatic heterocycles. The van der Waals surface area contributed by atoms with Gasteiger partial charge in [0, 0.05) is 13.1 Å². The van der Waals surface area contributed by atoms with E-state index in [0.717, 1.165) is 11.1 Å². The first-order valence-electron chi connectivity index (χ1n) is 7.79. The highest BCUT2D eigenvalue weighted by atomic mass is 16.5. The van der Waals surface area contributed by atoms with E-state index in [1.54, 1.807) is 17.9 Å². The molecule has 2 aromatic rings. The Labute approximate surface area is 141 Å². The van der Waals surface area contributed by atoms with Gasteiger partial charge in [-0.3, -0.25) is 4.79 Å². The summed E-state index contributed by atoms with van der Waals surface area (Å²) >= 11 is 0. The van der Waals surface area contributed by atoms with E-state index in [-0.39, 0.29) is 23.8 Å². The minimum atomic E-state index is -0.708. The fraction of sp³-hybridized carbons (Fsp3) is 0.263. The first kappa shape index (κ1) is 17.5. The fourth-order valence-electron chi connectivity index (χ4n) is 2.29. The van der Waals surface area contributed by atoms with Crippen LogP contribution in [-0.2, 0) is 16.1 Å². The van der Waals surface area contributed by atoms with Crippen molar-refractivity contribution in [3.05, 3.63) is 65.2 Å². The Kier molecular flexibility index (Phi) is 5.95. The number of hydrogen-bond acceptors (Lipinski definition) is 4. The number of rotatable bonds is 6. The van der Waals surface area contributed by atoms with Crippen molar-refractivity contribution in [1.82, 2.24) is 4.90 Å². The predicted molar refractivity (Wildman–Crippen MR) is 90.7 cm³/mol. The van der Waals surface area contributed by atoms with E-state index in [4.69, 9.17) is 4.74 Å². The van der Waals surface area contributed by atoms with E-state index >= 15 is 0 Å². The Hall–Kier alpha value is -2.82. The van der Waals surface area contributed by atoms with Crippen molar-refractivity contribution in [2.24, 2.45) is 0 Å². The van der Waals surface area contributed by atoms with Crippen molar-refractivity contribution < 1.29 is 19.4 Å². The summed E-state index contributed by atoms with van der Waals surface area (Å²) in [6.45, 7) is 4.30. The molecule has 5 nitrogen and oxygen atoms in total. The van der Waals surface area contributed by atoms with Crippen molar-refractivity contribution in [3.63, 3.8) is 0 Å². The largest absolute Gasteiger partial charge is 0.507 e. The number of carbonyl (C=O) groups excluding carboxylic acids is 2. The maximum Gasteiger partial charge on any atom is 0.342 e. The topological polar surface area (TPSA) is 66.8 Å². The maximum absolute atomic E-state index is 12.3. The van der Waals surface area contributed by atoms with Gasteiger partial charge in [-0.2, -0.15) is 0 Å². The molecule has 1 N–H and O–H groups in total. The molecule has 0 aliphatic carbocycles. The highest BCUT2D eigenvalue weighted by Gasteiger charge is 2.17. The molecule has 24 heavy (non-hydrogen) atoms. The van der Waals surface area contributed by atoms with Crippen molar-refractivity contribution in [2.75, 3.05) is 13.2 Å². The smallest absolute Gasteiger partial charge is 0.342 e. The second kappa shape index (κ2) is 8.15. The van der Waals surface area contributed by atoms with E-state index < -0.39 is 5.97 Å². The molecule has 0 aromatic heterocycles. The Bertz CT molecular complexity index is 713. The molecule has 0 bridgehead atoms. The molecule has 2 aromatic carbocycles. The lowest BCUT2D eigenvalue weighted by atomic mass is 10.1. The third-order valence-corrected chi connectivity index (χ3v) is 3.65. The highest BCUT2D eigenvalue weighted by molar-refractivity contribution is 5.94. The van der Waals surface area contributed by atoms with Crippen LogP contribution in [0.3, 0.4) is 0 Å². The van der Waals surface area contributed by atoms with Crippen molar-refractivity contribution in [2.45, 2.75) is 20.4 Å². The summed E-state index contributed by atoms with van der Waals surface area (Å²) in [5.74, 6) is -1.14. The van der Waals surface area contributed by atoms with E-state index in [9.17, 15) is 14.7 Å². The summed E-state index contributed by atoms with van der Waals surface area (Å²) in [6.07, 6.45) is 0. The van der Waals surface area contributed by atoms with E-state index in [0.29, 0.717) is 13.1 Å². The molecule has 5 heteroatoms. The number of hydrogen-bond donors (Lipinski definition) is 1. The Balaban J connectivity index is 1.95. The third-order valence-electron chi connectivity index (χ3n) is 3.65. The quantitative estimate of drug-likeness (QED) is 0.829. The highest BCUT2D eigenvalue weighted by Crippen LogP contribution is 2.19. The van der Waals surface area contributed by atoms with Gasteiger partial charge in [0.15, 0.2) is 6.61 Å². The Morgan fingerprint density at radius 3 is 2.50 bits per heavy atom. The number of esters is 1. The molecule has 126 valence electrons. The van der Waals surface area contributed by atoms with Gasteiger partial charge in [-0.15, -0.1) is 0 Å². The van der Waals surface area contributed by atoms with E-state index in [1.807, 2.05) is 37.3 Å². The lowest BCUT2D eigenvalue weighted by molar-refractivity contribution is -0.134. The van der Waals surface area contributed by atoms with Crippen LogP contribution in [0.25, 0.3) is 0 Å². The summed E-state index contributed by atoms with van der Waals surface area (Å²) in [7, 11) is 0. The third kappa shape index (κ3) is 4.59. The van der Waals surface area contributed by atoms with Crippen LogP contribution in [0, 0.1) is 6.92 Å². The number of carbonyl (C=O) groups is 2. The molecule has 0 saturated heterocycles. The van der Waals surface area contributed by atoms with Gasteiger partial charge in [0.1, 0.15) is 11.3 Å². The summed E-state index contributed by atoms with van der Waals surface area (Å²) in [5.41, 5.74) is 1.90. The predicted octanol–water partition coefficient (Wildman–Crippen LogP) is 2.91. The van der Waals surface area contributed by atoms with Gasteiger partial charge in [-0.05, 0) is 31.5 Å². The Morgan fingerprint density at radius 2 is 1.83 bits per heavy atom. The zero-order valence-corrected chi connectivity index (χ0v) is 13.9. The molecular weight excluding hydrogens is 306 g/mol. The standard InChI is InChI=1S/C19H21NO4/c1-3-20(12-15-7-5-4-6-8-15)18(22)13-24-19(23)16-11-14(2)9-10-17(16)21/h4-11,21H,3,12-13H2,1-2H3. The zero-order valence-electron chi connectivity index (χ0n) is 13.9. The molecule has 0 atom stereocenters. The van der Waals surface area contributed by atoms with Gasteiger partial charge in [0.05, 0.1) is 0 Å². The average Bonchev–Trinajstić information content (AvgIpc) is 2.60. The first-order valence-corrected chi connectivity index (χ1v) is 7.79. The second-order valence-electron chi connectivity index (χ2n) is 5.49. The normalized spacial score (nSPS) is 10.2. The summed E-state index contributed by atoms with van der Waals surface area (Å²) < 4.78 is 5.06. The van der Waals surface area contributed by atoms with E-state index in [2.05, 4.69) is 0 Å². The molecule has 0 fully saturated rings. The molecule has 0 aliphatic rings. The van der Waals surface area contributed by atoms with Crippen LogP contribution < -0.4 is 0 Å². The molecule has 0 saturated carbocycles. The molecule has 2 rings (SSSR count). The van der Waals surface area contributed by atoms with Crippen LogP contribution >= 0.6 is 0 Å². The summed E-state index contributed by atoms with van der Waals surface area (Å²) in [4.78, 5) is 25.9. The summed E-state index contributed by atoms with van der Waals surface area (Å²) in [5, 5.41) is 9.72. The van der Waals surface area contributed by atoms with Crippen LogP contribution in [0.15, 0.2) is 48.5 Å². The number of ether oxygens (including phenoxy) is 1. The number of aryl methyl sites for hydroxylation is 1. The molecular formula is C19H21NO4. The number of phenols is 1. The first-order chi connectivity index (χ1) is 11.5. The molecule has 0 spiro atoms. The fourth-order valence-corrected chi connectivity index (χ4v) is 2.29. The van der Waals surface area contributed by atoms with Crippen LogP contribution in [-0.4, -0.2) is 35.0 Å². The average molecular weight is 327 g/mol. The lowest BCUT2D eigenvalue weighted by Crippen LogP contribution is -2.34. The van der Waals surface area contributed by atoms with Gasteiger partial charge in [0.25, 0.3) is 5.91 Å². The minimum absolute atomic E-state index is 0.0638. The number of nitrogens with zero attached hydrogens (tertiary/aromatic N) is 1. The Morgan fingerprint density at radius 1 is 1.12 bits per heavy atom. The molecule has 0 heterocycles. The van der Waals surface area contributed by atoms with Crippen LogP contribution in [0.5, 0.6) is 5.75 Å². The number of aromatic hydroxyl groups is 1. The molecule has 0 unspecified atom stereocenters. The number of phenolic OH excluding ortho intramolecular Hbond substituents is 1. The summed E-state index contributed by atoms with van der Waals surface area (Å²) in [6, 6.07) is 14.3. The second-order valence-corrected chi connectivity index (χ2v) is 5.49. The van der Waals surface area contributed by atoms with Crippen LogP contribution in [0.2, 0.25) is 0 Å². The zero-order chi connectivity index (χ0) is 17.5. The molecule has 0 radical (unpaired) electrons. The van der Waals surface area contributed by atoms with Gasteiger partial charge >= 0.3 is 5.97 Å². The van der Waals surface area contributed by atoms with Gasteiger partial charge in [-0.25, -0.2) is 4.79 Å². The van der Waals surface area contributed by atoms with Crippen LogP contribution in [0.1, 0.15) is 28.4 Å². The minimum Gasteiger partial charge on any atom is -0.507 e. The van der Waals surface area contributed by atoms with Crippen molar-refractivity contribution in [3.8, 4) is 5.75 Å². The van der Waals surface area contributed by atoms with Crippen LogP contribution in [0.4, 0.5) is 0 Å². The van der Waals surface area contributed by atoms with Gasteiger partial charge in [0.2, 0.25) is 0 Å². The van der Waals surface area contributed by atoms with Gasteiger partial charge < -0.3 is 14.7 Å². The maximum atomic E-state index is 12.3. The van der Waals surface area contributed by atoms with Gasteiger partial charge in [-0.1, -0.05) is 42.0 Å². The van der Waals surface area contributed by atoms with E-state index in [1.165, 1.54) is 12.1 Å². The number of benzene rings is 2. The van der Waals surface area contributed by atoms with Crippen molar-refractivity contribution >= 4 is 11.9 Å². The lowest BCUT2D eigenvalue weighted by Gasteiger charge is -2.21. The SMILES string of the molecule is CCN(Cc1ccccc1)C(=O)COC(=O)c1cc(C)ccc1O. The number of amides is 1. The monoisotopic (exact) mass is 327 g/mol. The number of likely N-dealkylation sites (N-methyl/N-ethyl adjacent to an activating group) is 1. The molecule has 1 amide bonds.